The Bertz CT molecular complexity index is 748. The van der Waals surface area contributed by atoms with Crippen molar-refractivity contribution in [3.05, 3.63) is 59.7 Å². The summed E-state index contributed by atoms with van der Waals surface area (Å²) in [5.74, 6) is -0.331. The number of hydrogen-bond donors (Lipinski definition) is 1. The Balaban J connectivity index is 1.89. The lowest BCUT2D eigenvalue weighted by atomic mass is 10.2. The highest BCUT2D eigenvalue weighted by Crippen LogP contribution is 2.13. The molecule has 0 radical (unpaired) electrons. The maximum absolute atomic E-state index is 11.8. The third-order valence-electron chi connectivity index (χ3n) is 2.92. The summed E-state index contributed by atoms with van der Waals surface area (Å²) in [7, 11) is 1.30. The van der Waals surface area contributed by atoms with Crippen LogP contribution in [0.1, 0.15) is 15.9 Å². The monoisotopic (exact) mass is 310 g/mol. The van der Waals surface area contributed by atoms with Crippen molar-refractivity contribution in [2.24, 2.45) is 0 Å². The van der Waals surface area contributed by atoms with Crippen molar-refractivity contribution in [3.63, 3.8) is 0 Å². The highest BCUT2D eigenvalue weighted by atomic mass is 16.5. The molecule has 0 atom stereocenters. The van der Waals surface area contributed by atoms with Gasteiger partial charge in [-0.05, 0) is 42.5 Å². The van der Waals surface area contributed by atoms with Crippen LogP contribution in [-0.4, -0.2) is 25.6 Å². The molecule has 0 unspecified atom stereocenters. The van der Waals surface area contributed by atoms with E-state index in [0.29, 0.717) is 22.6 Å². The van der Waals surface area contributed by atoms with Crippen LogP contribution in [0.5, 0.6) is 5.75 Å². The first-order valence-corrected chi connectivity index (χ1v) is 6.73. The van der Waals surface area contributed by atoms with Gasteiger partial charge in [0.1, 0.15) is 5.75 Å². The Morgan fingerprint density at radius 2 is 1.91 bits per heavy atom. The molecule has 1 N–H and O–H groups in total. The zero-order valence-corrected chi connectivity index (χ0v) is 12.4. The van der Waals surface area contributed by atoms with Gasteiger partial charge in [-0.25, -0.2) is 4.79 Å². The number of carbonyl (C=O) groups is 2. The number of rotatable bonds is 5. The molecule has 116 valence electrons. The Morgan fingerprint density at radius 3 is 2.57 bits per heavy atom. The lowest BCUT2D eigenvalue weighted by Crippen LogP contribution is -2.20. The Hall–Kier alpha value is -3.33. The summed E-state index contributed by atoms with van der Waals surface area (Å²) < 4.78 is 9.93. The van der Waals surface area contributed by atoms with Gasteiger partial charge in [-0.2, -0.15) is 5.26 Å². The van der Waals surface area contributed by atoms with Crippen molar-refractivity contribution in [1.29, 1.82) is 5.26 Å². The second-order valence-corrected chi connectivity index (χ2v) is 4.55. The first kappa shape index (κ1) is 16.0. The van der Waals surface area contributed by atoms with Gasteiger partial charge in [-0.15, -0.1) is 0 Å². The van der Waals surface area contributed by atoms with Crippen molar-refractivity contribution >= 4 is 17.6 Å². The fourth-order valence-corrected chi connectivity index (χ4v) is 1.82. The summed E-state index contributed by atoms with van der Waals surface area (Å²) in [6.07, 6.45) is 0. The molecule has 1 amide bonds. The lowest BCUT2D eigenvalue weighted by molar-refractivity contribution is -0.118. The van der Waals surface area contributed by atoms with Gasteiger partial charge in [-0.3, -0.25) is 4.79 Å². The third-order valence-corrected chi connectivity index (χ3v) is 2.92. The molecule has 6 heteroatoms. The van der Waals surface area contributed by atoms with Crippen molar-refractivity contribution < 1.29 is 19.1 Å². The molecule has 2 aromatic rings. The molecule has 0 spiro atoms. The largest absolute Gasteiger partial charge is 0.484 e. The number of ether oxygens (including phenoxy) is 2. The maximum atomic E-state index is 11.8. The number of carbonyl (C=O) groups excluding carboxylic acids is 2. The van der Waals surface area contributed by atoms with E-state index >= 15 is 0 Å². The van der Waals surface area contributed by atoms with Gasteiger partial charge >= 0.3 is 5.97 Å². The van der Waals surface area contributed by atoms with Crippen LogP contribution in [0.3, 0.4) is 0 Å². The number of nitrogens with one attached hydrogen (secondary N) is 1. The standard InChI is InChI=1S/C17H14N2O4/c1-22-17(21)13-5-7-15(8-6-13)23-11-16(20)19-14-4-2-3-12(9-14)10-18/h2-9H,11H2,1H3,(H,19,20). The Labute approximate surface area is 133 Å². The molecule has 0 aliphatic heterocycles. The summed E-state index contributed by atoms with van der Waals surface area (Å²) in [6.45, 7) is -0.186. The lowest BCUT2D eigenvalue weighted by Gasteiger charge is -2.08. The molecule has 2 rings (SSSR count). The molecule has 0 saturated heterocycles. The molecule has 0 aliphatic carbocycles. The van der Waals surface area contributed by atoms with Gasteiger partial charge in [0, 0.05) is 5.69 Å². The van der Waals surface area contributed by atoms with Crippen LogP contribution in [0, 0.1) is 11.3 Å². The number of esters is 1. The second kappa shape index (κ2) is 7.61. The molecule has 2 aromatic carbocycles. The fourth-order valence-electron chi connectivity index (χ4n) is 1.82. The third kappa shape index (κ3) is 4.58. The molecule has 0 aromatic heterocycles. The van der Waals surface area contributed by atoms with Crippen LogP contribution in [0.4, 0.5) is 5.69 Å². The first-order chi connectivity index (χ1) is 11.1. The van der Waals surface area contributed by atoms with E-state index in [9.17, 15) is 9.59 Å². The van der Waals surface area contributed by atoms with Gasteiger partial charge < -0.3 is 14.8 Å². The minimum atomic E-state index is -0.438. The average Bonchev–Trinajstić information content (AvgIpc) is 2.60. The molecule has 0 bridgehead atoms. The summed E-state index contributed by atoms with van der Waals surface area (Å²) in [5, 5.41) is 11.4. The normalized spacial score (nSPS) is 9.57. The van der Waals surface area contributed by atoms with E-state index in [1.807, 2.05) is 6.07 Å². The van der Waals surface area contributed by atoms with Crippen LogP contribution in [0.25, 0.3) is 0 Å². The molecule has 6 nitrogen and oxygen atoms in total. The predicted octanol–water partition coefficient (Wildman–Crippen LogP) is 2.36. The van der Waals surface area contributed by atoms with E-state index in [1.54, 1.807) is 48.5 Å². The Kier molecular flexibility index (Phi) is 5.31. The van der Waals surface area contributed by atoms with Gasteiger partial charge in [-0.1, -0.05) is 6.07 Å². The molecular weight excluding hydrogens is 296 g/mol. The zero-order valence-electron chi connectivity index (χ0n) is 12.4. The van der Waals surface area contributed by atoms with Crippen LogP contribution in [0.15, 0.2) is 48.5 Å². The number of benzene rings is 2. The topological polar surface area (TPSA) is 88.4 Å². The number of hydrogen-bond acceptors (Lipinski definition) is 5. The Morgan fingerprint density at radius 1 is 1.17 bits per heavy atom. The van der Waals surface area contributed by atoms with Crippen molar-refractivity contribution in [2.75, 3.05) is 19.0 Å². The maximum Gasteiger partial charge on any atom is 0.337 e. The van der Waals surface area contributed by atoms with Crippen LogP contribution in [0.2, 0.25) is 0 Å². The van der Waals surface area contributed by atoms with Crippen molar-refractivity contribution in [1.82, 2.24) is 0 Å². The number of anilines is 1. The number of nitriles is 1. The van der Waals surface area contributed by atoms with E-state index < -0.39 is 5.97 Å². The molecule has 0 fully saturated rings. The molecule has 0 saturated carbocycles. The molecule has 0 aliphatic rings. The summed E-state index contributed by atoms with van der Waals surface area (Å²) in [6, 6.07) is 14.8. The van der Waals surface area contributed by atoms with Gasteiger partial charge in [0.2, 0.25) is 0 Å². The molecule has 23 heavy (non-hydrogen) atoms. The van der Waals surface area contributed by atoms with Crippen molar-refractivity contribution in [2.45, 2.75) is 0 Å². The number of amides is 1. The van der Waals surface area contributed by atoms with Crippen LogP contribution >= 0.6 is 0 Å². The van der Waals surface area contributed by atoms with Gasteiger partial charge in [0.15, 0.2) is 6.61 Å². The minimum Gasteiger partial charge on any atom is -0.484 e. The van der Waals surface area contributed by atoms with Crippen molar-refractivity contribution in [3.8, 4) is 11.8 Å². The van der Waals surface area contributed by atoms with Crippen LogP contribution in [-0.2, 0) is 9.53 Å². The second-order valence-electron chi connectivity index (χ2n) is 4.55. The van der Waals surface area contributed by atoms with E-state index in [2.05, 4.69) is 10.1 Å². The quantitative estimate of drug-likeness (QED) is 0.856. The first-order valence-electron chi connectivity index (χ1n) is 6.73. The summed E-state index contributed by atoms with van der Waals surface area (Å²) in [4.78, 5) is 23.1. The number of methoxy groups -OCH3 is 1. The van der Waals surface area contributed by atoms with Gasteiger partial charge in [0.05, 0.1) is 24.3 Å². The predicted molar refractivity (Wildman–Crippen MR) is 83.1 cm³/mol. The summed E-state index contributed by atoms with van der Waals surface area (Å²) >= 11 is 0. The molecule has 0 heterocycles. The van der Waals surface area contributed by atoms with E-state index in [1.165, 1.54) is 7.11 Å². The molecular formula is C17H14N2O4. The zero-order chi connectivity index (χ0) is 16.7. The SMILES string of the molecule is COC(=O)c1ccc(OCC(=O)Nc2cccc(C#N)c2)cc1. The summed E-state index contributed by atoms with van der Waals surface area (Å²) in [5.41, 5.74) is 1.39. The highest BCUT2D eigenvalue weighted by molar-refractivity contribution is 5.92. The van der Waals surface area contributed by atoms with E-state index in [-0.39, 0.29) is 12.5 Å². The smallest absolute Gasteiger partial charge is 0.337 e. The van der Waals surface area contributed by atoms with Gasteiger partial charge in [0.25, 0.3) is 5.91 Å². The minimum absolute atomic E-state index is 0.186. The van der Waals surface area contributed by atoms with E-state index in [4.69, 9.17) is 10.00 Å². The average molecular weight is 310 g/mol. The number of nitrogens with zero attached hydrogens (tertiary/aromatic N) is 1. The highest BCUT2D eigenvalue weighted by Gasteiger charge is 2.07. The fraction of sp³-hybridized carbons (Fsp3) is 0.118. The van der Waals surface area contributed by atoms with Crippen LogP contribution < -0.4 is 10.1 Å². The van der Waals surface area contributed by atoms with E-state index in [0.717, 1.165) is 0 Å².